The summed E-state index contributed by atoms with van der Waals surface area (Å²) in [6.07, 6.45) is 0. The van der Waals surface area contributed by atoms with Crippen LogP contribution in [-0.4, -0.2) is 27.6 Å². The summed E-state index contributed by atoms with van der Waals surface area (Å²) in [5.74, 6) is -0.841. The van der Waals surface area contributed by atoms with E-state index in [2.05, 4.69) is 10.3 Å². The lowest BCUT2D eigenvalue weighted by Crippen LogP contribution is -2.27. The second-order valence-electron chi connectivity index (χ2n) is 2.80. The number of aromatic hydroxyl groups is 1. The van der Waals surface area contributed by atoms with Crippen molar-refractivity contribution in [3.63, 3.8) is 0 Å². The molecule has 1 aromatic rings. The highest BCUT2D eigenvalue weighted by Gasteiger charge is 2.16. The fourth-order valence-electron chi connectivity index (χ4n) is 0.974. The summed E-state index contributed by atoms with van der Waals surface area (Å²) in [5.41, 5.74) is -0.871. The zero-order valence-corrected chi connectivity index (χ0v) is 8.16. The molecule has 0 aromatic carbocycles. The summed E-state index contributed by atoms with van der Waals surface area (Å²) in [5, 5.41) is 11.6. The molecule has 1 rings (SSSR count). The van der Waals surface area contributed by atoms with Gasteiger partial charge >= 0.3 is 0 Å². The molecule has 0 bridgehead atoms. The molecule has 0 atom stereocenters. The van der Waals surface area contributed by atoms with Crippen LogP contribution in [0.2, 0.25) is 0 Å². The van der Waals surface area contributed by atoms with Gasteiger partial charge in [-0.15, -0.1) is 0 Å². The Hall–Kier alpha value is -1.85. The first-order valence-electron chi connectivity index (χ1n) is 3.97. The molecule has 0 aliphatic carbocycles. The highest BCUT2D eigenvalue weighted by Crippen LogP contribution is 2.07. The summed E-state index contributed by atoms with van der Waals surface area (Å²) in [7, 11) is 2.87. The fourth-order valence-corrected chi connectivity index (χ4v) is 0.974. The topological polar surface area (TPSA) is 84.2 Å². The van der Waals surface area contributed by atoms with E-state index in [1.54, 1.807) is 6.92 Å². The van der Waals surface area contributed by atoms with Gasteiger partial charge in [-0.2, -0.15) is 0 Å². The number of aryl methyl sites for hydroxylation is 1. The van der Waals surface area contributed by atoms with Crippen molar-refractivity contribution >= 4 is 5.91 Å². The molecule has 0 fully saturated rings. The highest BCUT2D eigenvalue weighted by molar-refractivity contribution is 5.94. The molecule has 1 aromatic heterocycles. The van der Waals surface area contributed by atoms with E-state index in [4.69, 9.17) is 0 Å². The van der Waals surface area contributed by atoms with Gasteiger partial charge in [-0.3, -0.25) is 14.2 Å². The van der Waals surface area contributed by atoms with E-state index in [9.17, 15) is 14.7 Å². The highest BCUT2D eigenvalue weighted by atomic mass is 16.3. The van der Waals surface area contributed by atoms with Gasteiger partial charge in [0, 0.05) is 14.1 Å². The normalized spacial score (nSPS) is 9.93. The molecular weight excluding hydrogens is 186 g/mol. The summed E-state index contributed by atoms with van der Waals surface area (Å²) >= 11 is 0. The van der Waals surface area contributed by atoms with E-state index < -0.39 is 17.2 Å². The van der Waals surface area contributed by atoms with Crippen LogP contribution >= 0.6 is 0 Å². The Labute approximate surface area is 80.2 Å². The fraction of sp³-hybridized carbons (Fsp3) is 0.375. The van der Waals surface area contributed by atoms with Gasteiger partial charge in [0.25, 0.3) is 11.5 Å². The van der Waals surface area contributed by atoms with Gasteiger partial charge in [-0.05, 0) is 6.92 Å². The number of aromatic nitrogens is 2. The van der Waals surface area contributed by atoms with Gasteiger partial charge in [-0.1, -0.05) is 0 Å². The summed E-state index contributed by atoms with van der Waals surface area (Å²) < 4.78 is 1.17. The number of hydrogen-bond acceptors (Lipinski definition) is 4. The Morgan fingerprint density at radius 1 is 1.57 bits per heavy atom. The van der Waals surface area contributed by atoms with Gasteiger partial charge in [0.05, 0.1) is 0 Å². The second-order valence-corrected chi connectivity index (χ2v) is 2.80. The van der Waals surface area contributed by atoms with E-state index >= 15 is 0 Å². The lowest BCUT2D eigenvalue weighted by atomic mass is 10.3. The number of nitrogens with one attached hydrogen (secondary N) is 1. The molecule has 0 saturated carbocycles. The lowest BCUT2D eigenvalue weighted by Gasteiger charge is -2.06. The van der Waals surface area contributed by atoms with E-state index in [1.165, 1.54) is 18.7 Å². The van der Waals surface area contributed by atoms with Crippen molar-refractivity contribution in [1.29, 1.82) is 0 Å². The van der Waals surface area contributed by atoms with Gasteiger partial charge in [0.1, 0.15) is 5.82 Å². The van der Waals surface area contributed by atoms with Crippen LogP contribution in [0.25, 0.3) is 0 Å². The molecule has 0 aliphatic heterocycles. The first-order valence-corrected chi connectivity index (χ1v) is 3.97. The predicted molar refractivity (Wildman–Crippen MR) is 49.3 cm³/mol. The third-order valence-electron chi connectivity index (χ3n) is 1.93. The Morgan fingerprint density at radius 2 is 2.14 bits per heavy atom. The van der Waals surface area contributed by atoms with Crippen LogP contribution in [-0.2, 0) is 7.05 Å². The van der Waals surface area contributed by atoms with Crippen LogP contribution < -0.4 is 10.9 Å². The molecule has 0 radical (unpaired) electrons. The van der Waals surface area contributed by atoms with E-state index in [-0.39, 0.29) is 5.69 Å². The molecule has 0 saturated heterocycles. The first kappa shape index (κ1) is 10.2. The minimum Gasteiger partial charge on any atom is -0.501 e. The van der Waals surface area contributed by atoms with Crippen LogP contribution in [0, 0.1) is 6.92 Å². The maximum absolute atomic E-state index is 11.3. The molecular formula is C8H11N3O3. The van der Waals surface area contributed by atoms with Crippen LogP contribution in [0.5, 0.6) is 5.75 Å². The Bertz CT molecular complexity index is 436. The van der Waals surface area contributed by atoms with Crippen LogP contribution in [0.3, 0.4) is 0 Å². The second kappa shape index (κ2) is 3.49. The lowest BCUT2D eigenvalue weighted by molar-refractivity contribution is 0.0954. The number of nitrogens with zero attached hydrogens (tertiary/aromatic N) is 2. The molecule has 0 unspecified atom stereocenters. The van der Waals surface area contributed by atoms with Gasteiger partial charge in [-0.25, -0.2) is 4.98 Å². The minimum atomic E-state index is -0.629. The summed E-state index contributed by atoms with van der Waals surface area (Å²) in [6.45, 7) is 1.58. The Morgan fingerprint density at radius 3 is 2.64 bits per heavy atom. The molecule has 6 heteroatoms. The summed E-state index contributed by atoms with van der Waals surface area (Å²) in [6, 6.07) is 0. The number of hydrogen-bond donors (Lipinski definition) is 2. The van der Waals surface area contributed by atoms with Crippen molar-refractivity contribution in [2.45, 2.75) is 6.92 Å². The Balaban J connectivity index is 3.49. The largest absolute Gasteiger partial charge is 0.501 e. The number of amides is 1. The standard InChI is InChI=1S/C8H11N3O3/c1-4-10-5(7(13)9-2)6(12)8(14)11(4)3/h12H,1-3H3,(H,9,13). The van der Waals surface area contributed by atoms with Crippen molar-refractivity contribution < 1.29 is 9.90 Å². The summed E-state index contributed by atoms with van der Waals surface area (Å²) in [4.78, 5) is 26.3. The third kappa shape index (κ3) is 1.46. The average molecular weight is 197 g/mol. The first-order chi connectivity index (χ1) is 6.49. The molecule has 0 spiro atoms. The molecule has 76 valence electrons. The average Bonchev–Trinajstić information content (AvgIpc) is 2.19. The van der Waals surface area contributed by atoms with Crippen molar-refractivity contribution in [2.24, 2.45) is 7.05 Å². The van der Waals surface area contributed by atoms with Gasteiger partial charge < -0.3 is 10.4 Å². The smallest absolute Gasteiger partial charge is 0.296 e. The minimum absolute atomic E-state index is 0.242. The third-order valence-corrected chi connectivity index (χ3v) is 1.93. The van der Waals surface area contributed by atoms with Crippen molar-refractivity contribution in [3.05, 3.63) is 21.9 Å². The zero-order chi connectivity index (χ0) is 10.9. The quantitative estimate of drug-likeness (QED) is 0.614. The van der Waals surface area contributed by atoms with Gasteiger partial charge in [0.2, 0.25) is 5.75 Å². The molecule has 1 amide bonds. The maximum atomic E-state index is 11.3. The molecule has 6 nitrogen and oxygen atoms in total. The van der Waals surface area contributed by atoms with E-state index in [0.29, 0.717) is 5.82 Å². The SMILES string of the molecule is CNC(=O)c1nc(C)n(C)c(=O)c1O. The van der Waals surface area contributed by atoms with Crippen LogP contribution in [0.1, 0.15) is 16.3 Å². The van der Waals surface area contributed by atoms with Crippen molar-refractivity contribution in [3.8, 4) is 5.75 Å². The molecule has 14 heavy (non-hydrogen) atoms. The monoisotopic (exact) mass is 197 g/mol. The number of carbonyl (C=O) groups is 1. The van der Waals surface area contributed by atoms with Crippen LogP contribution in [0.15, 0.2) is 4.79 Å². The van der Waals surface area contributed by atoms with Gasteiger partial charge in [0.15, 0.2) is 5.69 Å². The number of carbonyl (C=O) groups excluding carboxylic acids is 1. The van der Waals surface area contributed by atoms with Crippen molar-refractivity contribution in [1.82, 2.24) is 14.9 Å². The molecule has 0 aliphatic rings. The predicted octanol–water partition coefficient (Wildman–Crippen LogP) is -0.846. The van der Waals surface area contributed by atoms with Crippen molar-refractivity contribution in [2.75, 3.05) is 7.05 Å². The molecule has 1 heterocycles. The maximum Gasteiger partial charge on any atom is 0.296 e. The zero-order valence-electron chi connectivity index (χ0n) is 8.16. The van der Waals surface area contributed by atoms with E-state index in [1.807, 2.05) is 0 Å². The van der Waals surface area contributed by atoms with E-state index in [0.717, 1.165) is 0 Å². The van der Waals surface area contributed by atoms with Crippen LogP contribution in [0.4, 0.5) is 0 Å². The number of rotatable bonds is 1. The Kier molecular flexibility index (Phi) is 2.55. The molecule has 2 N–H and O–H groups in total.